The molecule has 2 aromatic rings. The minimum absolute atomic E-state index is 0.139. The molecule has 0 fully saturated rings. The molecule has 3 nitrogen and oxygen atoms in total. The van der Waals surface area contributed by atoms with Crippen LogP contribution >= 0.6 is 23.4 Å². The Morgan fingerprint density at radius 1 is 1.09 bits per heavy atom. The van der Waals surface area contributed by atoms with Crippen LogP contribution in [0.5, 0.6) is 0 Å². The largest absolute Gasteiger partial charge is 0.283 e. The minimum atomic E-state index is -3.49. The number of thioether (sulfide) groups is 1. The Labute approximate surface area is 147 Å². The van der Waals surface area contributed by atoms with Crippen LogP contribution in [0.25, 0.3) is 0 Å². The zero-order chi connectivity index (χ0) is 16.7. The van der Waals surface area contributed by atoms with Gasteiger partial charge in [-0.15, -0.1) is 11.8 Å². The highest BCUT2D eigenvalue weighted by molar-refractivity contribution is 7.99. The van der Waals surface area contributed by atoms with Crippen LogP contribution in [0.4, 0.5) is 5.69 Å². The van der Waals surface area contributed by atoms with E-state index >= 15 is 0 Å². The van der Waals surface area contributed by atoms with Crippen molar-refractivity contribution in [2.24, 2.45) is 0 Å². The summed E-state index contributed by atoms with van der Waals surface area (Å²) in [7, 11) is -3.49. The average molecular weight is 370 g/mol. The quantitative estimate of drug-likeness (QED) is 0.515. The highest BCUT2D eigenvalue weighted by Crippen LogP contribution is 2.23. The summed E-state index contributed by atoms with van der Waals surface area (Å²) in [6, 6.07) is 14.4. The zero-order valence-corrected chi connectivity index (χ0v) is 15.3. The lowest BCUT2D eigenvalue weighted by molar-refractivity contribution is 0.600. The predicted molar refractivity (Wildman–Crippen MR) is 99.8 cm³/mol. The highest BCUT2D eigenvalue weighted by atomic mass is 35.5. The molecule has 2 aromatic carbocycles. The molecule has 0 amide bonds. The number of anilines is 1. The van der Waals surface area contributed by atoms with Gasteiger partial charge in [-0.05, 0) is 48.1 Å². The number of unbranched alkanes of at least 4 members (excludes halogenated alkanes) is 1. The van der Waals surface area contributed by atoms with Crippen molar-refractivity contribution in [1.82, 2.24) is 0 Å². The van der Waals surface area contributed by atoms with E-state index in [0.29, 0.717) is 16.3 Å². The van der Waals surface area contributed by atoms with Gasteiger partial charge in [0.1, 0.15) is 0 Å². The molecule has 0 atom stereocenters. The van der Waals surface area contributed by atoms with E-state index in [4.69, 9.17) is 11.6 Å². The van der Waals surface area contributed by atoms with Crippen molar-refractivity contribution < 1.29 is 8.42 Å². The third-order valence-corrected chi connectivity index (χ3v) is 5.90. The lowest BCUT2D eigenvalue weighted by Gasteiger charge is -2.10. The Morgan fingerprint density at radius 2 is 1.78 bits per heavy atom. The summed E-state index contributed by atoms with van der Waals surface area (Å²) < 4.78 is 27.1. The van der Waals surface area contributed by atoms with E-state index in [9.17, 15) is 8.42 Å². The van der Waals surface area contributed by atoms with Crippen LogP contribution in [0.15, 0.2) is 53.4 Å². The van der Waals surface area contributed by atoms with Crippen molar-refractivity contribution in [2.75, 3.05) is 10.5 Å². The van der Waals surface area contributed by atoms with E-state index in [-0.39, 0.29) is 5.75 Å². The van der Waals surface area contributed by atoms with Gasteiger partial charge in [0.2, 0.25) is 10.0 Å². The van der Waals surface area contributed by atoms with Crippen LogP contribution in [-0.2, 0) is 15.8 Å². The number of hydrogen-bond acceptors (Lipinski definition) is 3. The van der Waals surface area contributed by atoms with E-state index in [1.165, 1.54) is 12.8 Å². The van der Waals surface area contributed by atoms with Gasteiger partial charge in [-0.3, -0.25) is 4.72 Å². The lowest BCUT2D eigenvalue weighted by atomic mass is 10.2. The molecular formula is C17H20ClNO2S2. The predicted octanol–water partition coefficient (Wildman–Crippen LogP) is 5.17. The third-order valence-electron chi connectivity index (χ3n) is 3.20. The molecule has 0 aliphatic rings. The van der Waals surface area contributed by atoms with E-state index in [1.54, 1.807) is 48.2 Å². The van der Waals surface area contributed by atoms with Gasteiger partial charge in [0.05, 0.1) is 5.75 Å². The summed E-state index contributed by atoms with van der Waals surface area (Å²) in [5, 5.41) is 0.459. The normalized spacial score (nSPS) is 11.4. The van der Waals surface area contributed by atoms with Gasteiger partial charge >= 0.3 is 0 Å². The van der Waals surface area contributed by atoms with Gasteiger partial charge in [0.25, 0.3) is 0 Å². The fourth-order valence-electron chi connectivity index (χ4n) is 1.99. The summed E-state index contributed by atoms with van der Waals surface area (Å²) in [4.78, 5) is 1.15. The monoisotopic (exact) mass is 369 g/mol. The van der Waals surface area contributed by atoms with Gasteiger partial charge in [0, 0.05) is 15.6 Å². The number of sulfonamides is 1. The molecule has 0 aliphatic heterocycles. The summed E-state index contributed by atoms with van der Waals surface area (Å²) in [6.45, 7) is 2.16. The van der Waals surface area contributed by atoms with Gasteiger partial charge in [0.15, 0.2) is 0 Å². The molecule has 23 heavy (non-hydrogen) atoms. The molecule has 0 bridgehead atoms. The maximum Gasteiger partial charge on any atom is 0.236 e. The van der Waals surface area contributed by atoms with Crippen LogP contribution in [0, 0.1) is 0 Å². The first kappa shape index (κ1) is 18.2. The summed E-state index contributed by atoms with van der Waals surface area (Å²) >= 11 is 7.80. The number of hydrogen-bond donors (Lipinski definition) is 1. The van der Waals surface area contributed by atoms with Crippen LogP contribution in [-0.4, -0.2) is 14.2 Å². The maximum absolute atomic E-state index is 12.2. The Bertz CT molecular complexity index is 731. The summed E-state index contributed by atoms with van der Waals surface area (Å²) in [5.74, 6) is 0.938. The Hall–Kier alpha value is -1.17. The standard InChI is InChI=1S/C17H20ClNO2S2/c1-2-3-12-22-16-10-8-15(9-11-16)19-23(20,21)13-14-6-4-5-7-17(14)18/h4-11,19H,2-3,12-13H2,1H3. The maximum atomic E-state index is 12.2. The molecule has 0 spiro atoms. The fraction of sp³-hybridized carbons (Fsp3) is 0.294. The van der Waals surface area contributed by atoms with E-state index in [0.717, 1.165) is 10.6 Å². The highest BCUT2D eigenvalue weighted by Gasteiger charge is 2.13. The molecule has 0 aliphatic carbocycles. The molecule has 0 heterocycles. The molecule has 0 saturated carbocycles. The van der Waals surface area contributed by atoms with Crippen LogP contribution in [0.1, 0.15) is 25.3 Å². The van der Waals surface area contributed by atoms with Crippen molar-refractivity contribution in [3.05, 3.63) is 59.1 Å². The topological polar surface area (TPSA) is 46.2 Å². The second-order valence-electron chi connectivity index (χ2n) is 5.18. The molecule has 1 N–H and O–H groups in total. The molecule has 2 rings (SSSR count). The smallest absolute Gasteiger partial charge is 0.236 e. The van der Waals surface area contributed by atoms with Crippen LogP contribution in [0.2, 0.25) is 5.02 Å². The number of rotatable bonds is 8. The van der Waals surface area contributed by atoms with Crippen LogP contribution < -0.4 is 4.72 Å². The molecule has 124 valence electrons. The number of benzene rings is 2. The van der Waals surface area contributed by atoms with E-state index in [2.05, 4.69) is 11.6 Å². The molecule has 0 saturated heterocycles. The molecule has 0 aromatic heterocycles. The van der Waals surface area contributed by atoms with Crippen molar-refractivity contribution in [1.29, 1.82) is 0 Å². The fourth-order valence-corrected chi connectivity index (χ4v) is 4.50. The van der Waals surface area contributed by atoms with E-state index in [1.807, 2.05) is 12.1 Å². The molecular weight excluding hydrogens is 350 g/mol. The van der Waals surface area contributed by atoms with Crippen molar-refractivity contribution in [3.8, 4) is 0 Å². The first-order valence-corrected chi connectivity index (χ1v) is 10.5. The number of halogens is 1. The minimum Gasteiger partial charge on any atom is -0.283 e. The summed E-state index contributed by atoms with van der Waals surface area (Å²) in [5.41, 5.74) is 1.16. The summed E-state index contributed by atoms with van der Waals surface area (Å²) in [6.07, 6.45) is 2.35. The Kier molecular flexibility index (Phi) is 6.81. The zero-order valence-electron chi connectivity index (χ0n) is 13.0. The second kappa shape index (κ2) is 8.62. The van der Waals surface area contributed by atoms with Gasteiger partial charge in [-0.1, -0.05) is 43.1 Å². The molecule has 0 radical (unpaired) electrons. The average Bonchev–Trinajstić information content (AvgIpc) is 2.51. The Balaban J connectivity index is 1.99. The van der Waals surface area contributed by atoms with Gasteiger partial charge < -0.3 is 0 Å². The first-order chi connectivity index (χ1) is 11.0. The first-order valence-electron chi connectivity index (χ1n) is 7.47. The van der Waals surface area contributed by atoms with Crippen molar-refractivity contribution in [3.63, 3.8) is 0 Å². The van der Waals surface area contributed by atoms with Crippen LogP contribution in [0.3, 0.4) is 0 Å². The van der Waals surface area contributed by atoms with E-state index < -0.39 is 10.0 Å². The van der Waals surface area contributed by atoms with Crippen molar-refractivity contribution >= 4 is 39.1 Å². The van der Waals surface area contributed by atoms with Gasteiger partial charge in [-0.2, -0.15) is 0 Å². The SMILES string of the molecule is CCCCSc1ccc(NS(=O)(=O)Cc2ccccc2Cl)cc1. The molecule has 6 heteroatoms. The van der Waals surface area contributed by atoms with Gasteiger partial charge in [-0.25, -0.2) is 8.42 Å². The third kappa shape index (κ3) is 6.09. The second-order valence-corrected chi connectivity index (χ2v) is 8.48. The number of nitrogens with one attached hydrogen (secondary N) is 1. The lowest BCUT2D eigenvalue weighted by Crippen LogP contribution is -2.15. The van der Waals surface area contributed by atoms with Crippen molar-refractivity contribution in [2.45, 2.75) is 30.4 Å². The Morgan fingerprint density at radius 3 is 2.43 bits per heavy atom. The molecule has 0 unspecified atom stereocenters.